The highest BCUT2D eigenvalue weighted by Gasteiger charge is 2.08. The van der Waals surface area contributed by atoms with E-state index in [0.717, 1.165) is 5.56 Å². The van der Waals surface area contributed by atoms with E-state index in [9.17, 15) is 4.79 Å². The van der Waals surface area contributed by atoms with Gasteiger partial charge in [0.25, 0.3) is 0 Å². The predicted molar refractivity (Wildman–Crippen MR) is 78.5 cm³/mol. The number of carbonyl (C=O) groups excluding carboxylic acids is 1. The van der Waals surface area contributed by atoms with Gasteiger partial charge in [0, 0.05) is 4.90 Å². The fourth-order valence-electron chi connectivity index (χ4n) is 1.67. The second kappa shape index (κ2) is 6.78. The van der Waals surface area contributed by atoms with Crippen molar-refractivity contribution in [1.82, 2.24) is 0 Å². The Morgan fingerprint density at radius 3 is 2.65 bits per heavy atom. The Morgan fingerprint density at radius 1 is 1.25 bits per heavy atom. The molecule has 4 heteroatoms. The van der Waals surface area contributed by atoms with E-state index in [1.165, 1.54) is 11.0 Å². The molecule has 0 spiro atoms. The van der Waals surface area contributed by atoms with Crippen LogP contribution in [-0.4, -0.2) is 12.2 Å². The standard InChI is InChI=1S/C16H13NO2S/c1-20-15-7-5-12(6-8-15)11-19-16(18)14-4-2-3-13(9-14)10-17/h2-9H,11H2,1H3. The normalized spacial score (nSPS) is 9.80. The summed E-state index contributed by atoms with van der Waals surface area (Å²) in [6.07, 6.45) is 2.01. The first kappa shape index (κ1) is 14.2. The van der Waals surface area contributed by atoms with E-state index in [0.29, 0.717) is 11.1 Å². The van der Waals surface area contributed by atoms with Gasteiger partial charge in [0.2, 0.25) is 0 Å². The summed E-state index contributed by atoms with van der Waals surface area (Å²) in [6.45, 7) is 0.226. The summed E-state index contributed by atoms with van der Waals surface area (Å²) in [6, 6.07) is 16.3. The summed E-state index contributed by atoms with van der Waals surface area (Å²) in [5, 5.41) is 8.80. The minimum atomic E-state index is -0.420. The molecule has 0 bridgehead atoms. The number of carbonyl (C=O) groups is 1. The average molecular weight is 283 g/mol. The Hall–Kier alpha value is -2.25. The molecule has 0 fully saturated rings. The lowest BCUT2D eigenvalue weighted by Crippen LogP contribution is -2.05. The minimum Gasteiger partial charge on any atom is -0.457 e. The monoisotopic (exact) mass is 283 g/mol. The van der Waals surface area contributed by atoms with Gasteiger partial charge in [-0.2, -0.15) is 5.26 Å². The number of hydrogen-bond acceptors (Lipinski definition) is 4. The third kappa shape index (κ3) is 3.62. The number of nitrogens with zero attached hydrogens (tertiary/aromatic N) is 1. The number of esters is 1. The fraction of sp³-hybridized carbons (Fsp3) is 0.125. The molecular weight excluding hydrogens is 270 g/mol. The Balaban J connectivity index is 1.99. The number of ether oxygens (including phenoxy) is 1. The summed E-state index contributed by atoms with van der Waals surface area (Å²) >= 11 is 1.66. The molecule has 0 heterocycles. The first-order chi connectivity index (χ1) is 9.72. The van der Waals surface area contributed by atoms with Gasteiger partial charge in [0.15, 0.2) is 0 Å². The molecule has 100 valence electrons. The molecule has 0 saturated carbocycles. The number of hydrogen-bond donors (Lipinski definition) is 0. The first-order valence-corrected chi connectivity index (χ1v) is 7.25. The molecule has 0 atom stereocenters. The Bertz CT molecular complexity index is 644. The second-order valence-electron chi connectivity index (χ2n) is 4.12. The zero-order valence-corrected chi connectivity index (χ0v) is 11.8. The zero-order valence-electron chi connectivity index (χ0n) is 11.0. The first-order valence-electron chi connectivity index (χ1n) is 6.03. The van der Waals surface area contributed by atoms with E-state index in [1.54, 1.807) is 30.0 Å². The molecule has 0 radical (unpaired) electrons. The highest BCUT2D eigenvalue weighted by Crippen LogP contribution is 2.15. The molecule has 0 N–H and O–H groups in total. The quantitative estimate of drug-likeness (QED) is 0.635. The van der Waals surface area contributed by atoms with Crippen molar-refractivity contribution in [1.29, 1.82) is 5.26 Å². The smallest absolute Gasteiger partial charge is 0.338 e. The van der Waals surface area contributed by atoms with Crippen molar-refractivity contribution in [2.24, 2.45) is 0 Å². The van der Waals surface area contributed by atoms with Crippen molar-refractivity contribution in [2.45, 2.75) is 11.5 Å². The van der Waals surface area contributed by atoms with Gasteiger partial charge in [-0.25, -0.2) is 4.79 Å². The van der Waals surface area contributed by atoms with Crippen molar-refractivity contribution in [3.63, 3.8) is 0 Å². The van der Waals surface area contributed by atoms with Crippen LogP contribution >= 0.6 is 11.8 Å². The number of thioether (sulfide) groups is 1. The average Bonchev–Trinajstić information content (AvgIpc) is 2.53. The Labute approximate surface area is 122 Å². The van der Waals surface area contributed by atoms with E-state index >= 15 is 0 Å². The maximum atomic E-state index is 11.9. The molecular formula is C16H13NO2S. The topological polar surface area (TPSA) is 50.1 Å². The van der Waals surface area contributed by atoms with Gasteiger partial charge < -0.3 is 4.74 Å². The summed E-state index contributed by atoms with van der Waals surface area (Å²) in [7, 11) is 0. The molecule has 0 aromatic heterocycles. The molecule has 0 unspecified atom stereocenters. The van der Waals surface area contributed by atoms with Gasteiger partial charge in [-0.3, -0.25) is 0 Å². The van der Waals surface area contributed by atoms with Crippen LogP contribution in [0.15, 0.2) is 53.4 Å². The van der Waals surface area contributed by atoms with Crippen LogP contribution in [0.1, 0.15) is 21.5 Å². The maximum Gasteiger partial charge on any atom is 0.338 e. The van der Waals surface area contributed by atoms with Crippen molar-refractivity contribution in [3.8, 4) is 6.07 Å². The summed E-state index contributed by atoms with van der Waals surface area (Å²) < 4.78 is 5.23. The number of rotatable bonds is 4. The van der Waals surface area contributed by atoms with Crippen LogP contribution < -0.4 is 0 Å². The Kier molecular flexibility index (Phi) is 4.80. The lowest BCUT2D eigenvalue weighted by atomic mass is 10.1. The van der Waals surface area contributed by atoms with Crippen LogP contribution in [0.3, 0.4) is 0 Å². The third-order valence-corrected chi connectivity index (χ3v) is 3.50. The van der Waals surface area contributed by atoms with Gasteiger partial charge in [-0.05, 0) is 42.2 Å². The molecule has 3 nitrogen and oxygen atoms in total. The Morgan fingerprint density at radius 2 is 2.00 bits per heavy atom. The predicted octanol–water partition coefficient (Wildman–Crippen LogP) is 3.64. The van der Waals surface area contributed by atoms with Crippen LogP contribution in [0, 0.1) is 11.3 Å². The summed E-state index contributed by atoms with van der Waals surface area (Å²) in [5.74, 6) is -0.420. The summed E-state index contributed by atoms with van der Waals surface area (Å²) in [4.78, 5) is 13.0. The fourth-order valence-corrected chi connectivity index (χ4v) is 2.08. The molecule has 2 aromatic carbocycles. The molecule has 20 heavy (non-hydrogen) atoms. The molecule has 0 amide bonds. The lowest BCUT2D eigenvalue weighted by Gasteiger charge is -2.06. The zero-order chi connectivity index (χ0) is 14.4. The van der Waals surface area contributed by atoms with Crippen molar-refractivity contribution < 1.29 is 9.53 Å². The summed E-state index contributed by atoms with van der Waals surface area (Å²) in [5.41, 5.74) is 1.78. The molecule has 0 saturated heterocycles. The molecule has 2 aromatic rings. The van der Waals surface area contributed by atoms with Crippen LogP contribution in [0.25, 0.3) is 0 Å². The maximum absolute atomic E-state index is 11.9. The SMILES string of the molecule is CSc1ccc(COC(=O)c2cccc(C#N)c2)cc1. The molecule has 0 aliphatic heterocycles. The van der Waals surface area contributed by atoms with E-state index < -0.39 is 5.97 Å². The van der Waals surface area contributed by atoms with E-state index in [-0.39, 0.29) is 6.61 Å². The van der Waals surface area contributed by atoms with Crippen LogP contribution in [0.2, 0.25) is 0 Å². The van der Waals surface area contributed by atoms with Crippen LogP contribution in [0.4, 0.5) is 0 Å². The highest BCUT2D eigenvalue weighted by atomic mass is 32.2. The van der Waals surface area contributed by atoms with Crippen molar-refractivity contribution in [2.75, 3.05) is 6.26 Å². The van der Waals surface area contributed by atoms with Gasteiger partial charge in [0.05, 0.1) is 17.2 Å². The van der Waals surface area contributed by atoms with Gasteiger partial charge in [-0.1, -0.05) is 18.2 Å². The molecule has 0 aliphatic rings. The van der Waals surface area contributed by atoms with E-state index in [2.05, 4.69) is 0 Å². The van der Waals surface area contributed by atoms with Crippen LogP contribution in [0.5, 0.6) is 0 Å². The highest BCUT2D eigenvalue weighted by molar-refractivity contribution is 7.98. The van der Waals surface area contributed by atoms with Gasteiger partial charge >= 0.3 is 5.97 Å². The van der Waals surface area contributed by atoms with Gasteiger partial charge in [0.1, 0.15) is 6.61 Å². The molecule has 2 rings (SSSR count). The number of nitriles is 1. The third-order valence-electron chi connectivity index (χ3n) is 2.76. The molecule has 0 aliphatic carbocycles. The van der Waals surface area contributed by atoms with E-state index in [1.807, 2.05) is 36.6 Å². The lowest BCUT2D eigenvalue weighted by molar-refractivity contribution is 0.0472. The van der Waals surface area contributed by atoms with Crippen LogP contribution in [-0.2, 0) is 11.3 Å². The minimum absolute atomic E-state index is 0.226. The van der Waals surface area contributed by atoms with E-state index in [4.69, 9.17) is 10.00 Å². The largest absolute Gasteiger partial charge is 0.457 e. The second-order valence-corrected chi connectivity index (χ2v) is 5.00. The van der Waals surface area contributed by atoms with Gasteiger partial charge in [-0.15, -0.1) is 11.8 Å². The van der Waals surface area contributed by atoms with Crippen molar-refractivity contribution in [3.05, 3.63) is 65.2 Å². The van der Waals surface area contributed by atoms with Crippen molar-refractivity contribution >= 4 is 17.7 Å². The number of benzene rings is 2.